The Labute approximate surface area is 119 Å². The third-order valence-corrected chi connectivity index (χ3v) is 3.29. The number of fused-ring (bicyclic) bond motifs is 1. The van der Waals surface area contributed by atoms with Crippen LogP contribution in [0.15, 0.2) is 36.7 Å². The lowest BCUT2D eigenvalue weighted by Gasteiger charge is -2.10. The number of benzene rings is 2. The number of anilines is 1. The molecule has 0 spiro atoms. The lowest BCUT2D eigenvalue weighted by Crippen LogP contribution is -1.98. The Morgan fingerprint density at radius 3 is 2.63 bits per heavy atom. The Balaban J connectivity index is 2.35. The number of hydrogen-bond acceptors (Lipinski definition) is 4. The van der Waals surface area contributed by atoms with Crippen molar-refractivity contribution in [3.05, 3.63) is 47.0 Å². The zero-order valence-electron chi connectivity index (χ0n) is 9.64. The van der Waals surface area contributed by atoms with E-state index in [0.717, 1.165) is 10.8 Å². The van der Waals surface area contributed by atoms with Crippen LogP contribution in [0.25, 0.3) is 22.2 Å². The summed E-state index contributed by atoms with van der Waals surface area (Å²) in [7, 11) is 0. The Hall–Kier alpha value is -1.91. The van der Waals surface area contributed by atoms with Crippen molar-refractivity contribution in [2.75, 3.05) is 5.73 Å². The van der Waals surface area contributed by atoms with Crippen molar-refractivity contribution in [3.63, 3.8) is 0 Å². The molecule has 4 nitrogen and oxygen atoms in total. The quantitative estimate of drug-likeness (QED) is 0.696. The maximum absolute atomic E-state index is 6.27. The van der Waals surface area contributed by atoms with Crippen molar-refractivity contribution in [1.82, 2.24) is 15.0 Å². The van der Waals surface area contributed by atoms with Gasteiger partial charge >= 0.3 is 0 Å². The molecular weight excluding hydrogens is 283 g/mol. The lowest BCUT2D eigenvalue weighted by atomic mass is 10.0. The highest BCUT2D eigenvalue weighted by Crippen LogP contribution is 2.37. The zero-order valence-corrected chi connectivity index (χ0v) is 11.2. The van der Waals surface area contributed by atoms with Crippen LogP contribution in [-0.2, 0) is 0 Å². The van der Waals surface area contributed by atoms with Crippen LogP contribution in [0.5, 0.6) is 0 Å². The number of nitrogens with zero attached hydrogens (tertiary/aromatic N) is 3. The van der Waals surface area contributed by atoms with Gasteiger partial charge in [-0.25, -0.2) is 9.97 Å². The van der Waals surface area contributed by atoms with Gasteiger partial charge in [0.15, 0.2) is 5.82 Å². The monoisotopic (exact) mass is 290 g/mol. The molecule has 0 saturated heterocycles. The maximum Gasteiger partial charge on any atom is 0.225 e. The van der Waals surface area contributed by atoms with Gasteiger partial charge in [0.2, 0.25) is 5.28 Å². The molecule has 19 heavy (non-hydrogen) atoms. The molecule has 94 valence electrons. The molecule has 0 saturated carbocycles. The maximum atomic E-state index is 6.27. The van der Waals surface area contributed by atoms with Gasteiger partial charge in [0, 0.05) is 5.39 Å². The number of nitrogen functional groups attached to an aromatic ring is 1. The third kappa shape index (κ3) is 2.09. The zero-order chi connectivity index (χ0) is 13.4. The summed E-state index contributed by atoms with van der Waals surface area (Å²) in [6.07, 6.45) is 1.33. The minimum atomic E-state index is 0.105. The van der Waals surface area contributed by atoms with E-state index < -0.39 is 0 Å². The van der Waals surface area contributed by atoms with Gasteiger partial charge in [-0.3, -0.25) is 0 Å². The van der Waals surface area contributed by atoms with Gasteiger partial charge in [0.25, 0.3) is 0 Å². The van der Waals surface area contributed by atoms with E-state index in [1.54, 1.807) is 0 Å². The van der Waals surface area contributed by atoms with Crippen molar-refractivity contribution >= 4 is 39.7 Å². The van der Waals surface area contributed by atoms with Crippen molar-refractivity contribution < 1.29 is 0 Å². The summed E-state index contributed by atoms with van der Waals surface area (Å²) in [6.45, 7) is 0. The second-order valence-electron chi connectivity index (χ2n) is 3.95. The van der Waals surface area contributed by atoms with E-state index in [1.807, 2.05) is 30.3 Å². The highest BCUT2D eigenvalue weighted by atomic mass is 35.5. The molecule has 2 aromatic carbocycles. The van der Waals surface area contributed by atoms with Gasteiger partial charge in [-0.2, -0.15) is 4.98 Å². The molecule has 1 heterocycles. The number of hydrogen-bond donors (Lipinski definition) is 1. The molecule has 0 unspecified atom stereocenters. The number of rotatable bonds is 1. The van der Waals surface area contributed by atoms with Crippen molar-refractivity contribution in [3.8, 4) is 11.4 Å². The molecule has 2 N–H and O–H groups in total. The molecule has 0 aliphatic heterocycles. The molecular formula is C13H8Cl2N4. The topological polar surface area (TPSA) is 64.7 Å². The normalized spacial score (nSPS) is 10.8. The predicted octanol–water partition coefficient (Wildman–Crippen LogP) is 3.58. The second kappa shape index (κ2) is 4.64. The van der Waals surface area contributed by atoms with Gasteiger partial charge in [0.05, 0.1) is 16.3 Å². The van der Waals surface area contributed by atoms with E-state index >= 15 is 0 Å². The van der Waals surface area contributed by atoms with E-state index in [9.17, 15) is 0 Å². The lowest BCUT2D eigenvalue weighted by molar-refractivity contribution is 1.06. The summed E-state index contributed by atoms with van der Waals surface area (Å²) in [5.74, 6) is 0.369. The van der Waals surface area contributed by atoms with E-state index in [-0.39, 0.29) is 5.28 Å². The first kappa shape index (κ1) is 12.1. The number of aromatic nitrogens is 3. The summed E-state index contributed by atoms with van der Waals surface area (Å²) in [5, 5.41) is 2.46. The van der Waals surface area contributed by atoms with Gasteiger partial charge in [-0.15, -0.1) is 0 Å². The largest absolute Gasteiger partial charge is 0.398 e. The molecule has 0 bridgehead atoms. The molecule has 0 radical (unpaired) electrons. The first-order valence-electron chi connectivity index (χ1n) is 5.48. The molecule has 3 aromatic rings. The van der Waals surface area contributed by atoms with Crippen LogP contribution in [0, 0.1) is 0 Å². The fourth-order valence-electron chi connectivity index (χ4n) is 1.96. The standard InChI is InChI=1S/C13H8Cl2N4/c14-9-5-7-3-1-2-4-8(7)11(16)10(9)12-17-6-18-13(15)19-12/h1-6H,16H2. The van der Waals surface area contributed by atoms with E-state index in [1.165, 1.54) is 6.33 Å². The number of halogens is 2. The van der Waals surface area contributed by atoms with Crippen molar-refractivity contribution in [2.24, 2.45) is 0 Å². The molecule has 0 amide bonds. The van der Waals surface area contributed by atoms with Crippen LogP contribution < -0.4 is 5.73 Å². The summed E-state index contributed by atoms with van der Waals surface area (Å²) < 4.78 is 0. The second-order valence-corrected chi connectivity index (χ2v) is 4.69. The molecule has 3 rings (SSSR count). The molecule has 0 aliphatic rings. The molecule has 0 fully saturated rings. The predicted molar refractivity (Wildman–Crippen MR) is 77.2 cm³/mol. The fraction of sp³-hybridized carbons (Fsp3) is 0. The Morgan fingerprint density at radius 2 is 1.84 bits per heavy atom. The van der Waals surface area contributed by atoms with Gasteiger partial charge in [0.1, 0.15) is 6.33 Å². The van der Waals surface area contributed by atoms with Crippen LogP contribution >= 0.6 is 23.2 Å². The van der Waals surface area contributed by atoms with Crippen LogP contribution in [0.4, 0.5) is 5.69 Å². The average Bonchev–Trinajstić information content (AvgIpc) is 2.39. The highest BCUT2D eigenvalue weighted by molar-refractivity contribution is 6.35. The van der Waals surface area contributed by atoms with Crippen molar-refractivity contribution in [2.45, 2.75) is 0 Å². The van der Waals surface area contributed by atoms with Gasteiger partial charge in [-0.1, -0.05) is 35.9 Å². The van der Waals surface area contributed by atoms with E-state index in [0.29, 0.717) is 22.1 Å². The first-order valence-corrected chi connectivity index (χ1v) is 6.24. The number of nitrogens with two attached hydrogens (primary N) is 1. The van der Waals surface area contributed by atoms with Gasteiger partial charge in [-0.05, 0) is 23.1 Å². The minimum absolute atomic E-state index is 0.105. The summed E-state index contributed by atoms with van der Waals surface area (Å²) in [5.41, 5.74) is 7.28. The Bertz CT molecular complexity index is 774. The third-order valence-electron chi connectivity index (χ3n) is 2.81. The molecule has 6 heteroatoms. The van der Waals surface area contributed by atoms with E-state index in [4.69, 9.17) is 28.9 Å². The Morgan fingerprint density at radius 1 is 1.05 bits per heavy atom. The molecule has 0 aliphatic carbocycles. The van der Waals surface area contributed by atoms with Crippen LogP contribution in [0.3, 0.4) is 0 Å². The fourth-order valence-corrected chi connectivity index (χ4v) is 2.39. The minimum Gasteiger partial charge on any atom is -0.398 e. The summed E-state index contributed by atoms with van der Waals surface area (Å²) in [4.78, 5) is 11.9. The van der Waals surface area contributed by atoms with E-state index in [2.05, 4.69) is 15.0 Å². The van der Waals surface area contributed by atoms with Crippen LogP contribution in [0.2, 0.25) is 10.3 Å². The summed E-state index contributed by atoms with van der Waals surface area (Å²) in [6, 6.07) is 9.55. The summed E-state index contributed by atoms with van der Waals surface area (Å²) >= 11 is 12.0. The van der Waals surface area contributed by atoms with Crippen molar-refractivity contribution in [1.29, 1.82) is 0 Å². The Kier molecular flexibility index (Phi) is 2.97. The van der Waals surface area contributed by atoms with Crippen LogP contribution in [0.1, 0.15) is 0 Å². The molecule has 0 atom stereocenters. The van der Waals surface area contributed by atoms with Gasteiger partial charge < -0.3 is 5.73 Å². The highest BCUT2D eigenvalue weighted by Gasteiger charge is 2.14. The first-order chi connectivity index (χ1) is 9.16. The smallest absolute Gasteiger partial charge is 0.225 e. The average molecular weight is 291 g/mol. The van der Waals surface area contributed by atoms with Crippen LogP contribution in [-0.4, -0.2) is 15.0 Å². The molecule has 1 aromatic heterocycles. The SMILES string of the molecule is Nc1c(-c2ncnc(Cl)n2)c(Cl)cc2ccccc12.